The number of hydrogen-bond acceptors (Lipinski definition) is 4. The quantitative estimate of drug-likeness (QED) is 0.593. The van der Waals surface area contributed by atoms with Crippen LogP contribution in [-0.2, 0) is 13.5 Å². The summed E-state index contributed by atoms with van der Waals surface area (Å²) in [4.78, 5) is 26.4. The van der Waals surface area contributed by atoms with Gasteiger partial charge < -0.3 is 9.72 Å². The van der Waals surface area contributed by atoms with Crippen molar-refractivity contribution in [3.63, 3.8) is 0 Å². The van der Waals surface area contributed by atoms with Crippen molar-refractivity contribution < 1.29 is 9.53 Å². The van der Waals surface area contributed by atoms with Gasteiger partial charge in [-0.25, -0.2) is 9.59 Å². The summed E-state index contributed by atoms with van der Waals surface area (Å²) in [5.41, 5.74) is 2.26. The Balaban J connectivity index is 1.83. The molecule has 1 heterocycles. The molecule has 0 fully saturated rings. The van der Waals surface area contributed by atoms with Crippen molar-refractivity contribution in [2.24, 2.45) is 7.05 Å². The molecule has 0 aliphatic carbocycles. The maximum Gasteiger partial charge on any atom is 0.343 e. The molecular weight excluding hydrogens is 294 g/mol. The lowest BCUT2D eigenvalue weighted by atomic mass is 10.1. The van der Waals surface area contributed by atoms with Crippen molar-refractivity contribution in [2.75, 3.05) is 0 Å². The first-order valence-corrected chi connectivity index (χ1v) is 6.95. The lowest BCUT2D eigenvalue weighted by Crippen LogP contribution is -2.11. The van der Waals surface area contributed by atoms with Gasteiger partial charge in [0.2, 0.25) is 0 Å². The number of H-pyrrole nitrogens is 1. The first-order valence-electron chi connectivity index (χ1n) is 6.95. The number of rotatable bonds is 3. The minimum atomic E-state index is -0.510. The summed E-state index contributed by atoms with van der Waals surface area (Å²) in [5.74, 6) is -0.108. The lowest BCUT2D eigenvalue weighted by Gasteiger charge is -2.05. The topological polar surface area (TPSA) is 87.9 Å². The maximum absolute atomic E-state index is 12.2. The number of esters is 1. The Labute approximate surface area is 131 Å². The van der Waals surface area contributed by atoms with E-state index in [1.54, 1.807) is 49.5 Å². The molecule has 1 aromatic heterocycles. The number of carbonyl (C=O) groups is 1. The van der Waals surface area contributed by atoms with Crippen LogP contribution in [0.2, 0.25) is 0 Å². The minimum Gasteiger partial charge on any atom is -0.423 e. The second-order valence-electron chi connectivity index (χ2n) is 5.09. The molecule has 0 amide bonds. The van der Waals surface area contributed by atoms with E-state index in [1.807, 2.05) is 0 Å². The lowest BCUT2D eigenvalue weighted by molar-refractivity contribution is 0.0735. The zero-order chi connectivity index (χ0) is 16.4. The highest BCUT2D eigenvalue weighted by Gasteiger charge is 2.11. The molecule has 114 valence electrons. The molecule has 2 aromatic carbocycles. The van der Waals surface area contributed by atoms with Crippen LogP contribution in [0.25, 0.3) is 11.0 Å². The molecule has 0 spiro atoms. The third-order valence-electron chi connectivity index (χ3n) is 3.56. The molecule has 0 aliphatic heterocycles. The number of nitrogens with zero attached hydrogens (tertiary/aromatic N) is 2. The fourth-order valence-corrected chi connectivity index (χ4v) is 2.30. The number of benzene rings is 2. The standard InChI is InChI=1S/C17H13N3O3/c1-20-15-7-4-12(10-14(15)19-17(20)22)16(21)23-13-5-2-11(3-6-13)8-9-18/h2-7,10H,8H2,1H3,(H,19,22). The molecule has 0 atom stereocenters. The van der Waals surface area contributed by atoms with Gasteiger partial charge in [-0.3, -0.25) is 4.57 Å². The monoisotopic (exact) mass is 307 g/mol. The van der Waals surface area contributed by atoms with Crippen LogP contribution in [0.15, 0.2) is 47.3 Å². The predicted molar refractivity (Wildman–Crippen MR) is 84.3 cm³/mol. The van der Waals surface area contributed by atoms with Crippen LogP contribution >= 0.6 is 0 Å². The summed E-state index contributed by atoms with van der Waals surface area (Å²) in [6.07, 6.45) is 0.312. The van der Waals surface area contributed by atoms with E-state index >= 15 is 0 Å². The second-order valence-corrected chi connectivity index (χ2v) is 5.09. The van der Waals surface area contributed by atoms with Crippen molar-refractivity contribution in [1.29, 1.82) is 5.26 Å². The minimum absolute atomic E-state index is 0.237. The normalized spacial score (nSPS) is 10.4. The van der Waals surface area contributed by atoms with Crippen LogP contribution in [0.1, 0.15) is 15.9 Å². The number of carbonyl (C=O) groups excluding carboxylic acids is 1. The van der Waals surface area contributed by atoms with E-state index in [4.69, 9.17) is 10.00 Å². The summed E-state index contributed by atoms with van der Waals surface area (Å²) in [7, 11) is 1.65. The van der Waals surface area contributed by atoms with E-state index in [2.05, 4.69) is 11.1 Å². The van der Waals surface area contributed by atoms with Gasteiger partial charge in [-0.05, 0) is 35.9 Å². The van der Waals surface area contributed by atoms with Crippen molar-refractivity contribution in [1.82, 2.24) is 9.55 Å². The van der Waals surface area contributed by atoms with Crippen LogP contribution in [0.4, 0.5) is 0 Å². The van der Waals surface area contributed by atoms with E-state index in [0.29, 0.717) is 28.8 Å². The molecule has 0 aliphatic rings. The summed E-state index contributed by atoms with van der Waals surface area (Å²) < 4.78 is 6.77. The number of aromatic amines is 1. The van der Waals surface area contributed by atoms with Gasteiger partial charge in [-0.2, -0.15) is 5.26 Å². The Bertz CT molecular complexity index is 975. The van der Waals surface area contributed by atoms with Gasteiger partial charge in [0.15, 0.2) is 0 Å². The number of aromatic nitrogens is 2. The van der Waals surface area contributed by atoms with E-state index in [-0.39, 0.29) is 5.69 Å². The van der Waals surface area contributed by atoms with Crippen LogP contribution in [0.5, 0.6) is 5.75 Å². The third kappa shape index (κ3) is 2.85. The van der Waals surface area contributed by atoms with E-state index in [9.17, 15) is 9.59 Å². The smallest absolute Gasteiger partial charge is 0.343 e. The van der Waals surface area contributed by atoms with Crippen molar-refractivity contribution >= 4 is 17.0 Å². The number of nitriles is 1. The van der Waals surface area contributed by atoms with Crippen LogP contribution in [0.3, 0.4) is 0 Å². The number of hydrogen-bond donors (Lipinski definition) is 1. The van der Waals surface area contributed by atoms with Gasteiger partial charge in [-0.15, -0.1) is 0 Å². The Hall–Kier alpha value is -3.33. The predicted octanol–water partition coefficient (Wildman–Crippen LogP) is 2.15. The Morgan fingerprint density at radius 2 is 2.00 bits per heavy atom. The summed E-state index contributed by atoms with van der Waals surface area (Å²) in [6, 6.07) is 13.7. The summed E-state index contributed by atoms with van der Waals surface area (Å²) in [6.45, 7) is 0. The molecule has 3 aromatic rings. The van der Waals surface area contributed by atoms with Gasteiger partial charge in [0, 0.05) is 7.05 Å². The van der Waals surface area contributed by atoms with Gasteiger partial charge in [0.05, 0.1) is 29.1 Å². The number of imidazole rings is 1. The molecule has 0 saturated carbocycles. The number of fused-ring (bicyclic) bond motifs is 1. The largest absolute Gasteiger partial charge is 0.423 e. The third-order valence-corrected chi connectivity index (χ3v) is 3.56. The van der Waals surface area contributed by atoms with E-state index in [0.717, 1.165) is 5.56 Å². The zero-order valence-corrected chi connectivity index (χ0v) is 12.4. The fourth-order valence-electron chi connectivity index (χ4n) is 2.30. The first-order chi connectivity index (χ1) is 11.1. The van der Waals surface area contributed by atoms with Gasteiger partial charge >= 0.3 is 11.7 Å². The average Bonchev–Trinajstić information content (AvgIpc) is 2.83. The molecule has 0 unspecified atom stereocenters. The van der Waals surface area contributed by atoms with Gasteiger partial charge in [0.25, 0.3) is 0 Å². The molecular formula is C17H13N3O3. The van der Waals surface area contributed by atoms with E-state index in [1.165, 1.54) is 4.57 Å². The average molecular weight is 307 g/mol. The fraction of sp³-hybridized carbons (Fsp3) is 0.118. The SMILES string of the molecule is Cn1c(=O)[nH]c2cc(C(=O)Oc3ccc(CC#N)cc3)ccc21. The summed E-state index contributed by atoms with van der Waals surface area (Å²) >= 11 is 0. The van der Waals surface area contributed by atoms with Crippen LogP contribution in [0, 0.1) is 11.3 Å². The molecule has 6 nitrogen and oxygen atoms in total. The Kier molecular flexibility index (Phi) is 3.69. The first kappa shape index (κ1) is 14.6. The van der Waals surface area contributed by atoms with Crippen LogP contribution < -0.4 is 10.4 Å². The molecule has 1 N–H and O–H groups in total. The van der Waals surface area contributed by atoms with Crippen LogP contribution in [-0.4, -0.2) is 15.5 Å². The van der Waals surface area contributed by atoms with E-state index < -0.39 is 5.97 Å². The Morgan fingerprint density at radius 1 is 1.26 bits per heavy atom. The molecule has 0 saturated heterocycles. The summed E-state index contributed by atoms with van der Waals surface area (Å²) in [5, 5.41) is 8.63. The van der Waals surface area contributed by atoms with Gasteiger partial charge in [-0.1, -0.05) is 12.1 Å². The van der Waals surface area contributed by atoms with Crippen molar-refractivity contribution in [3.05, 3.63) is 64.1 Å². The highest BCUT2D eigenvalue weighted by molar-refractivity contribution is 5.94. The van der Waals surface area contributed by atoms with Crippen molar-refractivity contribution in [2.45, 2.75) is 6.42 Å². The van der Waals surface area contributed by atoms with Crippen molar-refractivity contribution in [3.8, 4) is 11.8 Å². The molecule has 23 heavy (non-hydrogen) atoms. The number of aryl methyl sites for hydroxylation is 1. The maximum atomic E-state index is 12.2. The zero-order valence-electron chi connectivity index (χ0n) is 12.4. The number of ether oxygens (including phenoxy) is 1. The highest BCUT2D eigenvalue weighted by Crippen LogP contribution is 2.17. The van der Waals surface area contributed by atoms with Gasteiger partial charge in [0.1, 0.15) is 5.75 Å². The molecule has 0 bridgehead atoms. The molecule has 6 heteroatoms. The molecule has 0 radical (unpaired) electrons. The number of nitrogens with one attached hydrogen (secondary N) is 1. The second kappa shape index (κ2) is 5.81. The highest BCUT2D eigenvalue weighted by atomic mass is 16.5. The Morgan fingerprint density at radius 3 is 2.70 bits per heavy atom. The molecule has 3 rings (SSSR count).